The van der Waals surface area contributed by atoms with Crippen molar-refractivity contribution in [2.75, 3.05) is 0 Å². The zero-order valence-corrected chi connectivity index (χ0v) is 37.6. The number of benzene rings is 4. The molecule has 0 unspecified atom stereocenters. The van der Waals surface area contributed by atoms with E-state index in [9.17, 15) is 9.59 Å². The molecule has 0 bridgehead atoms. The Hall–Kier alpha value is -3.78. The van der Waals surface area contributed by atoms with Crippen LogP contribution < -0.4 is 0 Å². The van der Waals surface area contributed by atoms with Crippen LogP contribution in [-0.2, 0) is 25.7 Å². The highest BCUT2D eigenvalue weighted by atomic mass is 16.1. The van der Waals surface area contributed by atoms with E-state index in [1.165, 1.54) is 138 Å². The molecule has 0 amide bonds. The van der Waals surface area contributed by atoms with Crippen LogP contribution in [0, 0.1) is 11.8 Å². The van der Waals surface area contributed by atoms with E-state index in [0.29, 0.717) is 24.7 Å². The lowest BCUT2D eigenvalue weighted by atomic mass is 9.77. The van der Waals surface area contributed by atoms with Gasteiger partial charge in [0.2, 0.25) is 0 Å². The van der Waals surface area contributed by atoms with Gasteiger partial charge < -0.3 is 0 Å². The minimum Gasteiger partial charge on any atom is -0.294 e. The SMILES string of the molecule is CCCCCC1CCC(c2ccc(C(=O)Cc3ccc(CCC)cc3)cc2)CC1.CCCCCC1CCC(c2ccc(C(=O)Cc3ccc(CCCC)cc3)cc2)CC1. The first-order chi connectivity index (χ1) is 28.9. The molecule has 0 aliphatic heterocycles. The average Bonchev–Trinajstić information content (AvgIpc) is 3.28. The van der Waals surface area contributed by atoms with Crippen molar-refractivity contribution in [3.05, 3.63) is 142 Å². The molecule has 59 heavy (non-hydrogen) atoms. The summed E-state index contributed by atoms with van der Waals surface area (Å²) in [6, 6.07) is 34.2. The standard InChI is InChI=1S/C29H40O.C28H38O/c1-3-5-7-9-24-14-16-26(17-15-24)27-18-20-28(21-19-27)29(30)22-25-12-10-23(11-13-25)8-6-4-2;1-3-5-6-8-23-13-15-25(16-14-23)26-17-19-27(20-18-26)28(29)21-24-11-9-22(7-4-2)10-12-24/h10-13,18-21,24,26H,3-9,14-17,22H2,1-2H3;9-12,17-20,23,25H,3-8,13-16,21H2,1-2H3. The fourth-order valence-electron chi connectivity index (χ4n) is 9.71. The van der Waals surface area contributed by atoms with Crippen molar-refractivity contribution >= 4 is 11.6 Å². The fourth-order valence-corrected chi connectivity index (χ4v) is 9.71. The minimum atomic E-state index is 0.222. The van der Waals surface area contributed by atoms with Crippen molar-refractivity contribution in [3.8, 4) is 0 Å². The van der Waals surface area contributed by atoms with Crippen LogP contribution in [0.3, 0.4) is 0 Å². The quantitative estimate of drug-likeness (QED) is 0.0622. The van der Waals surface area contributed by atoms with Crippen LogP contribution in [-0.4, -0.2) is 11.6 Å². The first-order valence-electron chi connectivity index (χ1n) is 24.3. The fraction of sp³-hybridized carbons (Fsp3) is 0.544. The van der Waals surface area contributed by atoms with E-state index in [4.69, 9.17) is 0 Å². The van der Waals surface area contributed by atoms with Crippen molar-refractivity contribution in [1.82, 2.24) is 0 Å². The predicted octanol–water partition coefficient (Wildman–Crippen LogP) is 16.2. The van der Waals surface area contributed by atoms with Crippen LogP contribution in [0.2, 0.25) is 0 Å². The number of ketones is 2. The summed E-state index contributed by atoms with van der Waals surface area (Å²) in [6.07, 6.45) is 28.7. The van der Waals surface area contributed by atoms with Crippen molar-refractivity contribution in [1.29, 1.82) is 0 Å². The Morgan fingerprint density at radius 3 is 1.10 bits per heavy atom. The summed E-state index contributed by atoms with van der Waals surface area (Å²) >= 11 is 0. The first-order valence-corrected chi connectivity index (χ1v) is 24.3. The Kier molecular flexibility index (Phi) is 20.2. The van der Waals surface area contributed by atoms with Crippen LogP contribution >= 0.6 is 0 Å². The van der Waals surface area contributed by atoms with Crippen molar-refractivity contribution in [2.24, 2.45) is 11.8 Å². The predicted molar refractivity (Wildman–Crippen MR) is 252 cm³/mol. The molecule has 2 saturated carbocycles. The molecule has 2 fully saturated rings. The van der Waals surface area contributed by atoms with Gasteiger partial charge in [0.15, 0.2) is 11.6 Å². The van der Waals surface area contributed by atoms with Gasteiger partial charge in [-0.3, -0.25) is 9.59 Å². The van der Waals surface area contributed by atoms with Gasteiger partial charge in [0.25, 0.3) is 0 Å². The molecule has 0 radical (unpaired) electrons. The number of aryl methyl sites for hydroxylation is 2. The molecule has 6 rings (SSSR count). The van der Waals surface area contributed by atoms with E-state index in [-0.39, 0.29) is 11.6 Å². The second kappa shape index (κ2) is 25.8. The summed E-state index contributed by atoms with van der Waals surface area (Å²) in [7, 11) is 0. The Bertz CT molecular complexity index is 1750. The lowest BCUT2D eigenvalue weighted by Gasteiger charge is -2.29. The molecule has 4 aromatic carbocycles. The van der Waals surface area contributed by atoms with Gasteiger partial charge >= 0.3 is 0 Å². The summed E-state index contributed by atoms with van der Waals surface area (Å²) in [5.41, 5.74) is 9.51. The molecule has 0 saturated heterocycles. The smallest absolute Gasteiger partial charge is 0.167 e. The van der Waals surface area contributed by atoms with Crippen LogP contribution in [0.5, 0.6) is 0 Å². The molecule has 0 spiro atoms. The molecule has 2 aliphatic carbocycles. The monoisotopic (exact) mass is 795 g/mol. The van der Waals surface area contributed by atoms with Gasteiger partial charge in [0.1, 0.15) is 0 Å². The first kappa shape index (κ1) is 46.3. The van der Waals surface area contributed by atoms with Gasteiger partial charge in [-0.1, -0.05) is 189 Å². The van der Waals surface area contributed by atoms with Crippen LogP contribution in [0.1, 0.15) is 216 Å². The maximum atomic E-state index is 12.7. The lowest BCUT2D eigenvalue weighted by Crippen LogP contribution is -2.13. The molecule has 2 nitrogen and oxygen atoms in total. The highest BCUT2D eigenvalue weighted by molar-refractivity contribution is 5.98. The van der Waals surface area contributed by atoms with Gasteiger partial charge in [0, 0.05) is 24.0 Å². The molecule has 2 heteroatoms. The number of rotatable bonds is 21. The maximum absolute atomic E-state index is 12.7. The van der Waals surface area contributed by atoms with Gasteiger partial charge in [0.05, 0.1) is 0 Å². The normalized spacial score (nSPS) is 19.1. The average molecular weight is 795 g/mol. The van der Waals surface area contributed by atoms with Gasteiger partial charge in [-0.25, -0.2) is 0 Å². The van der Waals surface area contributed by atoms with Crippen molar-refractivity contribution in [3.63, 3.8) is 0 Å². The van der Waals surface area contributed by atoms with E-state index < -0.39 is 0 Å². The zero-order valence-electron chi connectivity index (χ0n) is 37.6. The second-order valence-corrected chi connectivity index (χ2v) is 18.4. The summed E-state index contributed by atoms with van der Waals surface area (Å²) in [4.78, 5) is 25.4. The summed E-state index contributed by atoms with van der Waals surface area (Å²) < 4.78 is 0. The molecule has 0 N–H and O–H groups in total. The molecular weight excluding hydrogens is 717 g/mol. The third-order valence-corrected chi connectivity index (χ3v) is 13.7. The topological polar surface area (TPSA) is 34.1 Å². The van der Waals surface area contributed by atoms with Gasteiger partial charge in [-0.05, 0) is 128 Å². The molecule has 0 atom stereocenters. The van der Waals surface area contributed by atoms with E-state index in [1.54, 1.807) is 0 Å². The van der Waals surface area contributed by atoms with E-state index >= 15 is 0 Å². The number of carbonyl (C=O) groups is 2. The molecule has 4 aromatic rings. The zero-order chi connectivity index (χ0) is 41.7. The third kappa shape index (κ3) is 15.6. The van der Waals surface area contributed by atoms with Crippen molar-refractivity contribution < 1.29 is 9.59 Å². The minimum absolute atomic E-state index is 0.222. The van der Waals surface area contributed by atoms with Crippen LogP contribution in [0.25, 0.3) is 0 Å². The molecular formula is C57H78O2. The number of unbranched alkanes of at least 4 members (excludes halogenated alkanes) is 5. The van der Waals surface area contributed by atoms with Gasteiger partial charge in [-0.2, -0.15) is 0 Å². The largest absolute Gasteiger partial charge is 0.294 e. The second-order valence-electron chi connectivity index (χ2n) is 18.4. The Balaban J connectivity index is 0.000000224. The molecule has 2 aliphatic rings. The Labute approximate surface area is 360 Å². The van der Waals surface area contributed by atoms with Crippen molar-refractivity contribution in [2.45, 2.75) is 187 Å². The number of Topliss-reactive ketones (excluding diaryl/α,β-unsaturated/α-hetero) is 2. The third-order valence-electron chi connectivity index (χ3n) is 13.7. The van der Waals surface area contributed by atoms with E-state index in [0.717, 1.165) is 53.4 Å². The maximum Gasteiger partial charge on any atom is 0.167 e. The highest BCUT2D eigenvalue weighted by Gasteiger charge is 2.23. The van der Waals surface area contributed by atoms with E-state index in [1.807, 2.05) is 0 Å². The lowest BCUT2D eigenvalue weighted by molar-refractivity contribution is 0.0984. The number of hydrogen-bond donors (Lipinski definition) is 0. The Morgan fingerprint density at radius 2 is 0.746 bits per heavy atom. The van der Waals surface area contributed by atoms with Gasteiger partial charge in [-0.15, -0.1) is 0 Å². The van der Waals surface area contributed by atoms with E-state index in [2.05, 4.69) is 125 Å². The molecule has 0 aromatic heterocycles. The summed E-state index contributed by atoms with van der Waals surface area (Å²) in [6.45, 7) is 8.99. The number of hydrogen-bond acceptors (Lipinski definition) is 2. The molecule has 0 heterocycles. The number of carbonyl (C=O) groups excluding carboxylic acids is 2. The molecule has 318 valence electrons. The summed E-state index contributed by atoms with van der Waals surface area (Å²) in [5.74, 6) is 3.71. The summed E-state index contributed by atoms with van der Waals surface area (Å²) in [5, 5.41) is 0. The van der Waals surface area contributed by atoms with Crippen LogP contribution in [0.15, 0.2) is 97.1 Å². The Morgan fingerprint density at radius 1 is 0.390 bits per heavy atom. The van der Waals surface area contributed by atoms with Crippen LogP contribution in [0.4, 0.5) is 0 Å². The highest BCUT2D eigenvalue weighted by Crippen LogP contribution is 2.39.